The van der Waals surface area contributed by atoms with Crippen LogP contribution in [0.4, 0.5) is 17.1 Å². The number of benzene rings is 2. The molecule has 0 unspecified atom stereocenters. The lowest BCUT2D eigenvalue weighted by atomic mass is 10.2. The van der Waals surface area contributed by atoms with E-state index in [9.17, 15) is 4.79 Å². The molecule has 0 saturated carbocycles. The van der Waals surface area contributed by atoms with Crippen LogP contribution in [0, 0.1) is 0 Å². The fourth-order valence-electron chi connectivity index (χ4n) is 2.30. The van der Waals surface area contributed by atoms with Crippen molar-refractivity contribution in [3.8, 4) is 0 Å². The Hall–Kier alpha value is -2.20. The summed E-state index contributed by atoms with van der Waals surface area (Å²) in [5.41, 5.74) is 8.67. The van der Waals surface area contributed by atoms with E-state index in [1.165, 1.54) is 0 Å². The zero-order chi connectivity index (χ0) is 16.1. The van der Waals surface area contributed by atoms with Gasteiger partial charge >= 0.3 is 0 Å². The number of rotatable bonds is 5. The molecule has 0 bridgehead atoms. The van der Waals surface area contributed by atoms with Crippen LogP contribution >= 0.6 is 11.6 Å². The predicted molar refractivity (Wildman–Crippen MR) is 93.8 cm³/mol. The Morgan fingerprint density at radius 3 is 2.41 bits per heavy atom. The van der Waals surface area contributed by atoms with E-state index in [-0.39, 0.29) is 5.91 Å². The maximum atomic E-state index is 12.3. The first kappa shape index (κ1) is 16.2. The highest BCUT2D eigenvalue weighted by atomic mass is 35.5. The van der Waals surface area contributed by atoms with Gasteiger partial charge in [0.1, 0.15) is 0 Å². The normalized spacial score (nSPS) is 10.3. The van der Waals surface area contributed by atoms with Crippen LogP contribution in [-0.2, 0) is 0 Å². The van der Waals surface area contributed by atoms with E-state index in [4.69, 9.17) is 17.3 Å². The molecule has 2 aromatic carbocycles. The minimum absolute atomic E-state index is 0.197. The molecule has 116 valence electrons. The number of amides is 1. The largest absolute Gasteiger partial charge is 0.397 e. The number of carbonyl (C=O) groups is 1. The smallest absolute Gasteiger partial charge is 0.255 e. The number of hydrogen-bond donors (Lipinski definition) is 2. The summed E-state index contributed by atoms with van der Waals surface area (Å²) in [6.07, 6.45) is 0. The van der Waals surface area contributed by atoms with Gasteiger partial charge in [0.2, 0.25) is 0 Å². The van der Waals surface area contributed by atoms with Crippen molar-refractivity contribution in [1.82, 2.24) is 0 Å². The van der Waals surface area contributed by atoms with E-state index in [1.807, 2.05) is 24.3 Å². The number of nitrogens with zero attached hydrogens (tertiary/aromatic N) is 1. The van der Waals surface area contributed by atoms with Crippen molar-refractivity contribution in [2.24, 2.45) is 0 Å². The van der Waals surface area contributed by atoms with E-state index >= 15 is 0 Å². The van der Waals surface area contributed by atoms with Gasteiger partial charge in [-0.1, -0.05) is 29.8 Å². The van der Waals surface area contributed by atoms with Gasteiger partial charge in [-0.15, -0.1) is 0 Å². The van der Waals surface area contributed by atoms with Crippen molar-refractivity contribution in [3.63, 3.8) is 0 Å². The van der Waals surface area contributed by atoms with E-state index in [0.717, 1.165) is 18.8 Å². The molecule has 0 spiro atoms. The van der Waals surface area contributed by atoms with Crippen LogP contribution in [0.5, 0.6) is 0 Å². The Morgan fingerprint density at radius 2 is 1.82 bits per heavy atom. The number of nitrogen functional groups attached to an aromatic ring is 1. The first-order valence-corrected chi connectivity index (χ1v) is 7.65. The minimum atomic E-state index is -0.197. The molecule has 0 saturated heterocycles. The lowest BCUT2D eigenvalue weighted by Gasteiger charge is -2.24. The molecule has 3 N–H and O–H groups in total. The summed E-state index contributed by atoms with van der Waals surface area (Å²) in [6.45, 7) is 5.77. The lowest BCUT2D eigenvalue weighted by molar-refractivity contribution is 0.102. The third-order valence-electron chi connectivity index (χ3n) is 3.50. The number of halogens is 1. The van der Waals surface area contributed by atoms with Crippen LogP contribution < -0.4 is 16.0 Å². The second-order valence-electron chi connectivity index (χ2n) is 4.88. The fourth-order valence-corrected chi connectivity index (χ4v) is 2.51. The van der Waals surface area contributed by atoms with Crippen LogP contribution in [0.25, 0.3) is 0 Å². The number of hydrogen-bond acceptors (Lipinski definition) is 3. The first-order chi connectivity index (χ1) is 10.6. The summed E-state index contributed by atoms with van der Waals surface area (Å²) in [6, 6.07) is 12.5. The quantitative estimate of drug-likeness (QED) is 0.819. The first-order valence-electron chi connectivity index (χ1n) is 7.27. The number of nitrogens with two attached hydrogens (primary N) is 1. The molecule has 0 aliphatic rings. The standard InChI is InChI=1S/C17H20ClN3O/c1-3-21(4-2)16-11-15(13(18)10-14(16)19)20-17(22)12-8-6-5-7-9-12/h5-11H,3-4,19H2,1-2H3,(H,20,22). The molecule has 0 fully saturated rings. The van der Waals surface area contributed by atoms with E-state index in [2.05, 4.69) is 24.1 Å². The summed E-state index contributed by atoms with van der Waals surface area (Å²) in [7, 11) is 0. The Bertz CT molecular complexity index is 654. The minimum Gasteiger partial charge on any atom is -0.397 e. The molecule has 22 heavy (non-hydrogen) atoms. The molecule has 0 heterocycles. The van der Waals surface area contributed by atoms with Gasteiger partial charge in [0, 0.05) is 18.7 Å². The second kappa shape index (κ2) is 7.18. The predicted octanol–water partition coefficient (Wildman–Crippen LogP) is 4.02. The van der Waals surface area contributed by atoms with Crippen molar-refractivity contribution in [3.05, 3.63) is 53.1 Å². The summed E-state index contributed by atoms with van der Waals surface area (Å²) in [5.74, 6) is -0.197. The molecular formula is C17H20ClN3O. The van der Waals surface area contributed by atoms with Gasteiger partial charge < -0.3 is 16.0 Å². The highest BCUT2D eigenvalue weighted by Crippen LogP contribution is 2.33. The maximum absolute atomic E-state index is 12.3. The topological polar surface area (TPSA) is 58.4 Å². The van der Waals surface area contributed by atoms with Crippen molar-refractivity contribution >= 4 is 34.6 Å². The van der Waals surface area contributed by atoms with Crippen molar-refractivity contribution in [2.45, 2.75) is 13.8 Å². The monoisotopic (exact) mass is 317 g/mol. The van der Waals surface area contributed by atoms with Gasteiger partial charge in [-0.2, -0.15) is 0 Å². The molecule has 2 aromatic rings. The molecule has 0 aliphatic carbocycles. The van der Waals surface area contributed by atoms with Gasteiger partial charge in [0.25, 0.3) is 5.91 Å². The van der Waals surface area contributed by atoms with Crippen molar-refractivity contribution < 1.29 is 4.79 Å². The van der Waals surface area contributed by atoms with Crippen LogP contribution in [-0.4, -0.2) is 19.0 Å². The third kappa shape index (κ3) is 3.52. The highest BCUT2D eigenvalue weighted by molar-refractivity contribution is 6.34. The Morgan fingerprint density at radius 1 is 1.18 bits per heavy atom. The number of nitrogens with one attached hydrogen (secondary N) is 1. The van der Waals surface area contributed by atoms with Crippen LogP contribution in [0.3, 0.4) is 0 Å². The fraction of sp³-hybridized carbons (Fsp3) is 0.235. The van der Waals surface area contributed by atoms with Gasteiger partial charge in [0.05, 0.1) is 22.1 Å². The average Bonchev–Trinajstić information content (AvgIpc) is 2.53. The molecule has 4 nitrogen and oxygen atoms in total. The molecule has 0 atom stereocenters. The van der Waals surface area contributed by atoms with Crippen molar-refractivity contribution in [1.29, 1.82) is 0 Å². The molecule has 1 amide bonds. The molecule has 5 heteroatoms. The Labute approximate surface area is 135 Å². The molecule has 0 aliphatic heterocycles. The van der Waals surface area contributed by atoms with E-state index in [0.29, 0.717) is 22.0 Å². The van der Waals surface area contributed by atoms with Crippen LogP contribution in [0.1, 0.15) is 24.2 Å². The molecule has 0 radical (unpaired) electrons. The third-order valence-corrected chi connectivity index (χ3v) is 3.82. The lowest BCUT2D eigenvalue weighted by Crippen LogP contribution is -2.23. The van der Waals surface area contributed by atoms with Crippen molar-refractivity contribution in [2.75, 3.05) is 29.0 Å². The maximum Gasteiger partial charge on any atom is 0.255 e. The van der Waals surface area contributed by atoms with Crippen LogP contribution in [0.2, 0.25) is 5.02 Å². The summed E-state index contributed by atoms with van der Waals surface area (Å²) >= 11 is 6.21. The second-order valence-corrected chi connectivity index (χ2v) is 5.29. The van der Waals surface area contributed by atoms with Gasteiger partial charge in [-0.25, -0.2) is 0 Å². The highest BCUT2D eigenvalue weighted by Gasteiger charge is 2.13. The van der Waals surface area contributed by atoms with Crippen LogP contribution in [0.15, 0.2) is 42.5 Å². The SMILES string of the molecule is CCN(CC)c1cc(NC(=O)c2ccccc2)c(Cl)cc1N. The summed E-state index contributed by atoms with van der Waals surface area (Å²) in [4.78, 5) is 14.4. The van der Waals surface area contributed by atoms with E-state index < -0.39 is 0 Å². The van der Waals surface area contributed by atoms with Gasteiger partial charge in [0.15, 0.2) is 0 Å². The number of anilines is 3. The molecule has 0 aromatic heterocycles. The zero-order valence-corrected chi connectivity index (χ0v) is 13.5. The summed E-state index contributed by atoms with van der Waals surface area (Å²) in [5, 5.41) is 3.27. The molecular weight excluding hydrogens is 298 g/mol. The average molecular weight is 318 g/mol. The zero-order valence-electron chi connectivity index (χ0n) is 12.8. The number of carbonyl (C=O) groups excluding carboxylic acids is 1. The van der Waals surface area contributed by atoms with E-state index in [1.54, 1.807) is 18.2 Å². The van der Waals surface area contributed by atoms with Gasteiger partial charge in [-0.05, 0) is 38.1 Å². The summed E-state index contributed by atoms with van der Waals surface area (Å²) < 4.78 is 0. The molecule has 2 rings (SSSR count). The van der Waals surface area contributed by atoms with Gasteiger partial charge in [-0.3, -0.25) is 4.79 Å². The Kier molecular flexibility index (Phi) is 5.28. The Balaban J connectivity index is 2.31.